The van der Waals surface area contributed by atoms with Gasteiger partial charge in [-0.25, -0.2) is 0 Å². The van der Waals surface area contributed by atoms with Crippen molar-refractivity contribution in [2.75, 3.05) is 4.67 Å². The van der Waals surface area contributed by atoms with Crippen LogP contribution in [0.4, 0.5) is 5.69 Å². The third-order valence-corrected chi connectivity index (χ3v) is 4.32. The molecule has 0 unspecified atom stereocenters. The van der Waals surface area contributed by atoms with Crippen LogP contribution in [0.5, 0.6) is 0 Å². The van der Waals surface area contributed by atoms with Crippen molar-refractivity contribution < 1.29 is 4.79 Å². The third-order valence-electron chi connectivity index (χ3n) is 2.69. The maximum Gasteiger partial charge on any atom is 0.178 e. The molecule has 0 radical (unpaired) electrons. The number of allylic oxidation sites excluding steroid dienone is 4. The predicted octanol–water partition coefficient (Wildman–Crippen LogP) is 3.38. The number of rotatable bonds is 3. The van der Waals surface area contributed by atoms with Gasteiger partial charge in [-0.15, -0.1) is 0 Å². The lowest BCUT2D eigenvalue weighted by Gasteiger charge is -2.32. The Morgan fingerprint density at radius 3 is 2.05 bits per heavy atom. The smallest absolute Gasteiger partial charge is 0.178 e. The number of benzene rings is 1. The summed E-state index contributed by atoms with van der Waals surface area (Å²) in [6, 6.07) is 10.1. The van der Waals surface area contributed by atoms with Gasteiger partial charge in [0.25, 0.3) is 0 Å². The quantitative estimate of drug-likeness (QED) is 0.479. The second-order valence-electron chi connectivity index (χ2n) is 5.41. The van der Waals surface area contributed by atoms with E-state index in [1.54, 1.807) is 24.3 Å². The van der Waals surface area contributed by atoms with E-state index in [4.69, 9.17) is 5.10 Å². The van der Waals surface area contributed by atoms with Crippen LogP contribution in [-0.4, -0.2) is 19.7 Å². The van der Waals surface area contributed by atoms with Crippen molar-refractivity contribution in [2.24, 2.45) is 5.10 Å². The third kappa shape index (κ3) is 3.51. The second-order valence-corrected chi connectivity index (χ2v) is 10.2. The van der Waals surface area contributed by atoms with Gasteiger partial charge in [0.1, 0.15) is 0 Å². The zero-order valence-corrected chi connectivity index (χ0v) is 12.5. The summed E-state index contributed by atoms with van der Waals surface area (Å²) in [5.74, 6) is 0.0122. The fraction of sp³-hybridized carbons (Fsp3) is 0.200. The van der Waals surface area contributed by atoms with Crippen molar-refractivity contribution in [3.05, 3.63) is 54.6 Å². The molecular weight excluding hydrogens is 252 g/mol. The molecule has 0 amide bonds. The number of nitrogens with zero attached hydrogens (tertiary/aromatic N) is 2. The highest BCUT2D eigenvalue weighted by Crippen LogP contribution is 2.22. The first kappa shape index (κ1) is 13.5. The van der Waals surface area contributed by atoms with Gasteiger partial charge in [0.2, 0.25) is 0 Å². The van der Waals surface area contributed by atoms with Gasteiger partial charge in [-0.3, -0.25) is 9.47 Å². The van der Waals surface area contributed by atoms with Crippen molar-refractivity contribution >= 4 is 25.4 Å². The molecule has 1 aliphatic rings. The molecule has 0 atom stereocenters. The molecule has 0 saturated heterocycles. The highest BCUT2D eigenvalue weighted by molar-refractivity contribution is 6.79. The first-order valence-electron chi connectivity index (χ1n) is 6.31. The number of carbonyl (C=O) groups excluding carboxylic acids is 1. The molecule has 1 aliphatic carbocycles. The SMILES string of the molecule is C[Si](C)(C)N(N=C1C=CC(=O)C=C1)c1ccccc1. The topological polar surface area (TPSA) is 32.7 Å². The molecule has 19 heavy (non-hydrogen) atoms. The number of ketones is 1. The van der Waals surface area contributed by atoms with Crippen LogP contribution in [0, 0.1) is 0 Å². The highest BCUT2D eigenvalue weighted by atomic mass is 28.3. The first-order valence-corrected chi connectivity index (χ1v) is 9.75. The van der Waals surface area contributed by atoms with Crippen LogP contribution >= 0.6 is 0 Å². The summed E-state index contributed by atoms with van der Waals surface area (Å²) in [6.07, 6.45) is 6.62. The summed E-state index contributed by atoms with van der Waals surface area (Å²) < 4.78 is 2.10. The minimum atomic E-state index is -1.64. The predicted molar refractivity (Wildman–Crippen MR) is 83.0 cm³/mol. The number of anilines is 1. The van der Waals surface area contributed by atoms with Crippen molar-refractivity contribution in [3.8, 4) is 0 Å². The second kappa shape index (κ2) is 5.36. The van der Waals surface area contributed by atoms with E-state index in [0.29, 0.717) is 0 Å². The molecule has 0 N–H and O–H groups in total. The lowest BCUT2D eigenvalue weighted by Crippen LogP contribution is -2.43. The van der Waals surface area contributed by atoms with E-state index in [9.17, 15) is 4.79 Å². The van der Waals surface area contributed by atoms with E-state index < -0.39 is 8.24 Å². The Hall–Kier alpha value is -1.94. The number of para-hydroxylation sites is 1. The minimum Gasteiger partial charge on any atom is -0.295 e. The Bertz CT molecular complexity index is 535. The Labute approximate surface area is 115 Å². The lowest BCUT2D eigenvalue weighted by molar-refractivity contribution is -0.110. The molecule has 0 spiro atoms. The van der Waals surface area contributed by atoms with Gasteiger partial charge < -0.3 is 0 Å². The number of hydrogen-bond acceptors (Lipinski definition) is 3. The van der Waals surface area contributed by atoms with E-state index in [1.807, 2.05) is 18.2 Å². The molecule has 2 rings (SSSR count). The van der Waals surface area contributed by atoms with Crippen LogP contribution in [0.1, 0.15) is 0 Å². The summed E-state index contributed by atoms with van der Waals surface area (Å²) in [6.45, 7) is 6.72. The zero-order valence-electron chi connectivity index (χ0n) is 11.5. The molecule has 0 bridgehead atoms. The average Bonchev–Trinajstić information content (AvgIpc) is 2.37. The van der Waals surface area contributed by atoms with Gasteiger partial charge in [-0.05, 0) is 56.1 Å². The molecule has 0 heterocycles. The lowest BCUT2D eigenvalue weighted by atomic mass is 10.2. The number of carbonyl (C=O) groups is 1. The Kier molecular flexibility index (Phi) is 3.81. The Balaban J connectivity index is 2.36. The van der Waals surface area contributed by atoms with Crippen molar-refractivity contribution in [1.29, 1.82) is 0 Å². The molecule has 98 valence electrons. The van der Waals surface area contributed by atoms with Gasteiger partial charge in [0, 0.05) is 5.69 Å². The van der Waals surface area contributed by atoms with Crippen LogP contribution < -0.4 is 4.67 Å². The zero-order chi connectivity index (χ0) is 13.9. The Morgan fingerprint density at radius 1 is 0.947 bits per heavy atom. The molecule has 0 aliphatic heterocycles. The van der Waals surface area contributed by atoms with E-state index in [2.05, 4.69) is 36.4 Å². The van der Waals surface area contributed by atoms with Crippen molar-refractivity contribution in [1.82, 2.24) is 0 Å². The van der Waals surface area contributed by atoms with Gasteiger partial charge >= 0.3 is 0 Å². The summed E-state index contributed by atoms with van der Waals surface area (Å²) in [7, 11) is -1.64. The summed E-state index contributed by atoms with van der Waals surface area (Å²) >= 11 is 0. The van der Waals surface area contributed by atoms with Gasteiger partial charge in [0.15, 0.2) is 14.0 Å². The van der Waals surface area contributed by atoms with Crippen LogP contribution in [0.2, 0.25) is 19.6 Å². The molecule has 4 heteroatoms. The van der Waals surface area contributed by atoms with Crippen molar-refractivity contribution in [3.63, 3.8) is 0 Å². The monoisotopic (exact) mass is 270 g/mol. The molecule has 0 aromatic heterocycles. The van der Waals surface area contributed by atoms with Crippen LogP contribution in [0.15, 0.2) is 59.7 Å². The summed E-state index contributed by atoms with van der Waals surface area (Å²) in [5, 5.41) is 4.70. The normalized spacial score (nSPS) is 14.7. The summed E-state index contributed by atoms with van der Waals surface area (Å²) in [4.78, 5) is 11.1. The van der Waals surface area contributed by atoms with Gasteiger partial charge in [-0.1, -0.05) is 18.2 Å². The maximum atomic E-state index is 11.1. The van der Waals surface area contributed by atoms with E-state index in [0.717, 1.165) is 11.4 Å². The number of hydrogen-bond donors (Lipinski definition) is 0. The molecular formula is C15H18N2OSi. The molecule has 1 aromatic carbocycles. The first-order chi connectivity index (χ1) is 8.97. The molecule has 0 fully saturated rings. The molecule has 3 nitrogen and oxygen atoms in total. The standard InChI is InChI=1S/C15H18N2OSi/c1-19(2,3)17(14-7-5-4-6-8-14)16-13-9-11-15(18)12-10-13/h4-12H,1-3H3. The van der Waals surface area contributed by atoms with Crippen molar-refractivity contribution in [2.45, 2.75) is 19.6 Å². The maximum absolute atomic E-state index is 11.1. The van der Waals surface area contributed by atoms with Crippen LogP contribution in [0.25, 0.3) is 0 Å². The molecule has 0 saturated carbocycles. The summed E-state index contributed by atoms with van der Waals surface area (Å²) in [5.41, 5.74) is 1.90. The van der Waals surface area contributed by atoms with Gasteiger partial charge in [0.05, 0.1) is 5.71 Å². The van der Waals surface area contributed by atoms with E-state index >= 15 is 0 Å². The minimum absolute atomic E-state index is 0.0122. The molecule has 1 aromatic rings. The van der Waals surface area contributed by atoms with E-state index in [-0.39, 0.29) is 5.78 Å². The van der Waals surface area contributed by atoms with Gasteiger partial charge in [-0.2, -0.15) is 5.10 Å². The largest absolute Gasteiger partial charge is 0.295 e. The highest BCUT2D eigenvalue weighted by Gasteiger charge is 2.24. The number of hydrazone groups is 1. The Morgan fingerprint density at radius 2 is 1.53 bits per heavy atom. The average molecular weight is 270 g/mol. The fourth-order valence-electron chi connectivity index (χ4n) is 1.79. The van der Waals surface area contributed by atoms with Crippen LogP contribution in [0.3, 0.4) is 0 Å². The fourth-order valence-corrected chi connectivity index (χ4v) is 3.13. The van der Waals surface area contributed by atoms with Crippen LogP contribution in [-0.2, 0) is 4.79 Å². The van der Waals surface area contributed by atoms with E-state index in [1.165, 1.54) is 0 Å².